The smallest absolute Gasteiger partial charge is 0.305 e. The summed E-state index contributed by atoms with van der Waals surface area (Å²) in [5.74, 6) is -0.794. The van der Waals surface area contributed by atoms with Gasteiger partial charge in [-0.05, 0) is 37.0 Å². The molecule has 180 valence electrons. The Labute approximate surface area is 201 Å². The van der Waals surface area contributed by atoms with Gasteiger partial charge in [-0.3, -0.25) is 36.0 Å². The molecule has 2 aromatic carbocycles. The molecule has 3 aromatic rings. The van der Waals surface area contributed by atoms with E-state index in [-0.39, 0.29) is 22.4 Å². The lowest BCUT2D eigenvalue weighted by molar-refractivity contribution is -0.385. The van der Waals surface area contributed by atoms with Crippen LogP contribution in [0.1, 0.15) is 58.1 Å². The third kappa shape index (κ3) is 5.06. The average Bonchev–Trinajstić information content (AvgIpc) is 3.16. The van der Waals surface area contributed by atoms with Gasteiger partial charge in [0.1, 0.15) is 11.3 Å². The number of nitrogens with zero attached hydrogens (tertiary/aromatic N) is 2. The fourth-order valence-corrected chi connectivity index (χ4v) is 4.13. The quantitative estimate of drug-likeness (QED) is 0.370. The van der Waals surface area contributed by atoms with Crippen molar-refractivity contribution in [2.24, 2.45) is 10.5 Å². The minimum Gasteiger partial charge on any atom is -0.455 e. The highest BCUT2D eigenvalue weighted by Crippen LogP contribution is 2.39. The van der Waals surface area contributed by atoms with E-state index in [4.69, 9.17) is 4.42 Å². The number of nitro benzene ring substituents is 1. The van der Waals surface area contributed by atoms with E-state index in [1.54, 1.807) is 6.92 Å². The number of amides is 2. The molecule has 0 radical (unpaired) electrons. The van der Waals surface area contributed by atoms with E-state index in [1.165, 1.54) is 24.3 Å². The molecule has 4 rings (SSSR count). The van der Waals surface area contributed by atoms with Gasteiger partial charge < -0.3 is 4.42 Å². The Balaban J connectivity index is 1.56. The van der Waals surface area contributed by atoms with Crippen LogP contribution in [0.2, 0.25) is 0 Å². The van der Waals surface area contributed by atoms with Gasteiger partial charge in [-0.25, -0.2) is 0 Å². The second kappa shape index (κ2) is 9.41. The van der Waals surface area contributed by atoms with E-state index >= 15 is 0 Å². The first kappa shape index (κ1) is 23.7. The number of rotatable bonds is 5. The number of hydrogen-bond acceptors (Lipinski definition) is 7. The summed E-state index contributed by atoms with van der Waals surface area (Å²) in [7, 11) is 0. The zero-order valence-electron chi connectivity index (χ0n) is 19.5. The lowest BCUT2D eigenvalue weighted by Gasteiger charge is -2.29. The van der Waals surface area contributed by atoms with Crippen molar-refractivity contribution < 1.29 is 18.9 Å². The van der Waals surface area contributed by atoms with Crippen molar-refractivity contribution in [3.63, 3.8) is 0 Å². The number of anilines is 1. The highest BCUT2D eigenvalue weighted by molar-refractivity contribution is 6.07. The molecule has 35 heavy (non-hydrogen) atoms. The lowest BCUT2D eigenvalue weighted by atomic mass is 9.75. The molecule has 0 fully saturated rings. The largest absolute Gasteiger partial charge is 0.455 e. The first-order chi connectivity index (χ1) is 16.7. The fraction of sp³-hybridized carbons (Fsp3) is 0.240. The van der Waals surface area contributed by atoms with Gasteiger partial charge in [0, 0.05) is 23.6 Å². The van der Waals surface area contributed by atoms with Crippen LogP contribution in [0, 0.1) is 22.5 Å². The molecule has 1 aliphatic rings. The molecule has 1 aliphatic carbocycles. The van der Waals surface area contributed by atoms with Crippen LogP contribution in [-0.4, -0.2) is 22.4 Å². The maximum absolute atomic E-state index is 12.9. The first-order valence-corrected chi connectivity index (χ1v) is 11.0. The van der Waals surface area contributed by atoms with Gasteiger partial charge in [-0.15, -0.1) is 0 Å². The molecule has 0 aliphatic heterocycles. The third-order valence-corrected chi connectivity index (χ3v) is 5.73. The number of carbonyl (C=O) groups excluding carboxylic acids is 2. The van der Waals surface area contributed by atoms with E-state index in [2.05, 4.69) is 35.2 Å². The SMILES string of the molecule is Cc1c(C(=O)NNC(=O)c2ccccc2[N+](=O)[O-])oc2c1/C(=N\Nc1ccccc1)CC(C)(C)C2. The van der Waals surface area contributed by atoms with Gasteiger partial charge in [0.2, 0.25) is 0 Å². The molecule has 0 spiro atoms. The van der Waals surface area contributed by atoms with E-state index in [9.17, 15) is 19.7 Å². The maximum Gasteiger partial charge on any atom is 0.305 e. The highest BCUT2D eigenvalue weighted by atomic mass is 16.6. The summed E-state index contributed by atoms with van der Waals surface area (Å²) in [5.41, 5.74) is 9.89. The van der Waals surface area contributed by atoms with Crippen LogP contribution in [0.4, 0.5) is 11.4 Å². The summed E-state index contributed by atoms with van der Waals surface area (Å²) in [6, 6.07) is 15.0. The van der Waals surface area contributed by atoms with Crippen molar-refractivity contribution in [1.82, 2.24) is 10.9 Å². The molecule has 3 N–H and O–H groups in total. The molecule has 10 nitrogen and oxygen atoms in total. The maximum atomic E-state index is 12.9. The van der Waals surface area contributed by atoms with Crippen molar-refractivity contribution in [3.8, 4) is 0 Å². The number of para-hydroxylation sites is 2. The van der Waals surface area contributed by atoms with Crippen molar-refractivity contribution >= 4 is 28.9 Å². The summed E-state index contributed by atoms with van der Waals surface area (Å²) in [4.78, 5) is 35.8. The van der Waals surface area contributed by atoms with Crippen LogP contribution in [0.3, 0.4) is 0 Å². The van der Waals surface area contributed by atoms with Crippen molar-refractivity contribution in [2.75, 3.05) is 5.43 Å². The zero-order chi connectivity index (χ0) is 25.2. The van der Waals surface area contributed by atoms with Gasteiger partial charge in [0.25, 0.3) is 11.6 Å². The predicted octanol–water partition coefficient (Wildman–Crippen LogP) is 4.36. The van der Waals surface area contributed by atoms with Crippen molar-refractivity contribution in [1.29, 1.82) is 0 Å². The first-order valence-electron chi connectivity index (χ1n) is 11.0. The van der Waals surface area contributed by atoms with Gasteiger partial charge >= 0.3 is 5.91 Å². The summed E-state index contributed by atoms with van der Waals surface area (Å²) in [5, 5.41) is 15.8. The molecule has 0 atom stereocenters. The van der Waals surface area contributed by atoms with Gasteiger partial charge in [-0.2, -0.15) is 5.10 Å². The molecule has 1 aromatic heterocycles. The lowest BCUT2D eigenvalue weighted by Crippen LogP contribution is -2.41. The van der Waals surface area contributed by atoms with E-state index in [0.29, 0.717) is 24.2 Å². The normalized spacial score (nSPS) is 15.2. The molecule has 0 saturated carbocycles. The summed E-state index contributed by atoms with van der Waals surface area (Å²) < 4.78 is 5.94. The predicted molar refractivity (Wildman–Crippen MR) is 130 cm³/mol. The minimum atomic E-state index is -0.810. The Morgan fingerprint density at radius 1 is 1.00 bits per heavy atom. The zero-order valence-corrected chi connectivity index (χ0v) is 19.5. The average molecular weight is 476 g/mol. The van der Waals surface area contributed by atoms with Crippen molar-refractivity contribution in [3.05, 3.63) is 92.9 Å². The molecule has 0 bridgehead atoms. The summed E-state index contributed by atoms with van der Waals surface area (Å²) >= 11 is 0. The Hall–Kier alpha value is -4.47. The number of furan rings is 1. The molecular formula is C25H25N5O5. The van der Waals surface area contributed by atoms with E-state index < -0.39 is 16.7 Å². The number of nitro groups is 1. The van der Waals surface area contributed by atoms with Crippen LogP contribution >= 0.6 is 0 Å². The Morgan fingerprint density at radius 2 is 1.66 bits per heavy atom. The molecule has 0 saturated heterocycles. The van der Waals surface area contributed by atoms with Gasteiger partial charge in [-0.1, -0.05) is 44.2 Å². The summed E-state index contributed by atoms with van der Waals surface area (Å²) in [6.07, 6.45) is 1.29. The van der Waals surface area contributed by atoms with Crippen LogP contribution in [0.25, 0.3) is 0 Å². The highest BCUT2D eigenvalue weighted by Gasteiger charge is 2.36. The van der Waals surface area contributed by atoms with Crippen LogP contribution in [0.15, 0.2) is 64.1 Å². The monoisotopic (exact) mass is 475 g/mol. The second-order valence-electron chi connectivity index (χ2n) is 9.09. The van der Waals surface area contributed by atoms with Gasteiger partial charge in [0.05, 0.1) is 16.3 Å². The fourth-order valence-electron chi connectivity index (χ4n) is 4.13. The van der Waals surface area contributed by atoms with Crippen LogP contribution in [-0.2, 0) is 6.42 Å². The van der Waals surface area contributed by atoms with Crippen LogP contribution in [0.5, 0.6) is 0 Å². The Morgan fingerprint density at radius 3 is 2.37 bits per heavy atom. The molecule has 10 heteroatoms. The Bertz CT molecular complexity index is 1330. The Kier molecular flexibility index (Phi) is 6.37. The number of benzene rings is 2. The standard InChI is InChI=1S/C25H25N5O5/c1-15-21-18(27-26-16-9-5-4-6-10-16)13-25(2,3)14-20(21)35-22(15)24(32)29-28-23(31)17-11-7-8-12-19(17)30(33)34/h4-12,26H,13-14H2,1-3H3,(H,28,31)(H,29,32)/b27-18-. The van der Waals surface area contributed by atoms with Crippen molar-refractivity contribution in [2.45, 2.75) is 33.6 Å². The molecule has 2 amide bonds. The number of hydrogen-bond donors (Lipinski definition) is 3. The molecule has 1 heterocycles. The summed E-state index contributed by atoms with van der Waals surface area (Å²) in [6.45, 7) is 5.95. The molecular weight excluding hydrogens is 450 g/mol. The number of hydrazine groups is 1. The van der Waals surface area contributed by atoms with E-state index in [1.807, 2.05) is 30.3 Å². The third-order valence-electron chi connectivity index (χ3n) is 5.73. The number of nitrogens with one attached hydrogen (secondary N) is 3. The van der Waals surface area contributed by atoms with E-state index in [0.717, 1.165) is 17.0 Å². The molecule has 0 unspecified atom stereocenters. The number of fused-ring (bicyclic) bond motifs is 1. The van der Waals surface area contributed by atoms with Crippen LogP contribution < -0.4 is 16.3 Å². The topological polar surface area (TPSA) is 139 Å². The second-order valence-corrected chi connectivity index (χ2v) is 9.09. The minimum absolute atomic E-state index is 0.0444. The van der Waals surface area contributed by atoms with Gasteiger partial charge in [0.15, 0.2) is 5.76 Å². The number of carbonyl (C=O) groups is 2. The number of hydrazone groups is 1.